The molecule has 2 fully saturated rings. The number of halogens is 1. The van der Waals surface area contributed by atoms with Gasteiger partial charge in [-0.15, -0.1) is 0 Å². The van der Waals surface area contributed by atoms with E-state index >= 15 is 0 Å². The molecule has 0 heterocycles. The van der Waals surface area contributed by atoms with E-state index in [9.17, 15) is 0 Å². The molecule has 1 unspecified atom stereocenters. The van der Waals surface area contributed by atoms with Crippen molar-refractivity contribution in [1.29, 1.82) is 0 Å². The van der Waals surface area contributed by atoms with Gasteiger partial charge in [-0.25, -0.2) is 0 Å². The van der Waals surface area contributed by atoms with E-state index < -0.39 is 0 Å². The van der Waals surface area contributed by atoms with E-state index in [0.29, 0.717) is 0 Å². The van der Waals surface area contributed by atoms with Gasteiger partial charge in [-0.2, -0.15) is 0 Å². The molecular weight excluding hydrogens is 188 g/mol. The van der Waals surface area contributed by atoms with E-state index in [-0.39, 0.29) is 0 Å². The molecule has 0 amide bonds. The van der Waals surface area contributed by atoms with E-state index in [1.165, 1.54) is 38.5 Å². The van der Waals surface area contributed by atoms with E-state index in [1.807, 2.05) is 0 Å². The first kappa shape index (κ1) is 7.15. The Morgan fingerprint density at radius 1 is 1.20 bits per heavy atom. The molecule has 0 radical (unpaired) electrons. The van der Waals surface area contributed by atoms with Crippen LogP contribution in [0.15, 0.2) is 0 Å². The largest absolute Gasteiger partial charge is 0.0888 e. The zero-order chi connectivity index (χ0) is 6.97. The lowest BCUT2D eigenvalue weighted by Crippen LogP contribution is -1.99. The normalized spacial score (nSPS) is 28.5. The minimum atomic E-state index is 0.869. The van der Waals surface area contributed by atoms with Crippen LogP contribution in [-0.2, 0) is 0 Å². The van der Waals surface area contributed by atoms with Gasteiger partial charge in [0, 0.05) is 4.83 Å². The van der Waals surface area contributed by atoms with Crippen LogP contribution in [0.25, 0.3) is 0 Å². The second-order valence-corrected chi connectivity index (χ2v) is 5.05. The van der Waals surface area contributed by atoms with Crippen LogP contribution in [-0.4, -0.2) is 4.83 Å². The Balaban J connectivity index is 1.58. The molecule has 0 spiro atoms. The smallest absolute Gasteiger partial charge is 0.0174 e. The summed E-state index contributed by atoms with van der Waals surface area (Å²) in [7, 11) is 0. The zero-order valence-corrected chi connectivity index (χ0v) is 7.94. The highest BCUT2D eigenvalue weighted by molar-refractivity contribution is 9.09. The highest BCUT2D eigenvalue weighted by Crippen LogP contribution is 2.41. The van der Waals surface area contributed by atoms with Crippen LogP contribution in [0.5, 0.6) is 0 Å². The molecule has 0 aromatic heterocycles. The summed E-state index contributed by atoms with van der Waals surface area (Å²) in [4.78, 5) is 0.869. The molecule has 0 nitrogen and oxygen atoms in total. The summed E-state index contributed by atoms with van der Waals surface area (Å²) in [5.41, 5.74) is 0. The van der Waals surface area contributed by atoms with Crippen LogP contribution in [0.3, 0.4) is 0 Å². The van der Waals surface area contributed by atoms with Crippen molar-refractivity contribution in [1.82, 2.24) is 0 Å². The minimum absolute atomic E-state index is 0.869. The van der Waals surface area contributed by atoms with Crippen molar-refractivity contribution in [2.75, 3.05) is 0 Å². The van der Waals surface area contributed by atoms with Crippen LogP contribution < -0.4 is 0 Å². The molecule has 2 rings (SSSR count). The number of hydrogen-bond acceptors (Lipinski definition) is 0. The molecule has 0 aromatic carbocycles. The van der Waals surface area contributed by atoms with Crippen LogP contribution in [0.1, 0.15) is 38.5 Å². The molecule has 0 N–H and O–H groups in total. The summed E-state index contributed by atoms with van der Waals surface area (Å²) in [5.74, 6) is 2.18. The second-order valence-electron chi connectivity index (χ2n) is 3.87. The molecule has 58 valence electrons. The Morgan fingerprint density at radius 3 is 2.40 bits per heavy atom. The van der Waals surface area contributed by atoms with Gasteiger partial charge < -0.3 is 0 Å². The summed E-state index contributed by atoms with van der Waals surface area (Å²) in [6, 6.07) is 0. The molecule has 0 aliphatic heterocycles. The van der Waals surface area contributed by atoms with Gasteiger partial charge in [0.15, 0.2) is 0 Å². The Bertz CT molecular complexity index is 114. The topological polar surface area (TPSA) is 0 Å². The van der Waals surface area contributed by atoms with Gasteiger partial charge in [0.25, 0.3) is 0 Å². The van der Waals surface area contributed by atoms with Crippen molar-refractivity contribution in [2.24, 2.45) is 11.8 Å². The van der Waals surface area contributed by atoms with Crippen molar-refractivity contribution in [3.8, 4) is 0 Å². The van der Waals surface area contributed by atoms with Crippen LogP contribution in [0, 0.1) is 11.8 Å². The van der Waals surface area contributed by atoms with Crippen molar-refractivity contribution in [3.05, 3.63) is 0 Å². The highest BCUT2D eigenvalue weighted by Gasteiger charge is 2.30. The summed E-state index contributed by atoms with van der Waals surface area (Å²) < 4.78 is 0. The number of alkyl halides is 1. The molecule has 1 atom stereocenters. The average molecular weight is 203 g/mol. The van der Waals surface area contributed by atoms with Crippen molar-refractivity contribution in [2.45, 2.75) is 43.4 Å². The van der Waals surface area contributed by atoms with E-state index in [0.717, 1.165) is 16.7 Å². The van der Waals surface area contributed by atoms with Crippen LogP contribution in [0.4, 0.5) is 0 Å². The highest BCUT2D eigenvalue weighted by atomic mass is 79.9. The minimum Gasteiger partial charge on any atom is -0.0888 e. The molecule has 2 aliphatic rings. The maximum atomic E-state index is 3.76. The zero-order valence-electron chi connectivity index (χ0n) is 6.35. The molecular formula is C9H15Br. The van der Waals surface area contributed by atoms with Crippen molar-refractivity contribution in [3.63, 3.8) is 0 Å². The molecule has 0 saturated heterocycles. The second kappa shape index (κ2) is 2.84. The Kier molecular flexibility index (Phi) is 2.03. The summed E-state index contributed by atoms with van der Waals surface area (Å²) in [6.45, 7) is 0. The van der Waals surface area contributed by atoms with Crippen LogP contribution in [0.2, 0.25) is 0 Å². The first-order chi connectivity index (χ1) is 4.86. The Hall–Kier alpha value is 0.480. The molecule has 1 heteroatoms. The van der Waals surface area contributed by atoms with Gasteiger partial charge in [0.05, 0.1) is 0 Å². The SMILES string of the molecule is BrC(CCC1CC1)C1CC1. The van der Waals surface area contributed by atoms with Gasteiger partial charge in [0.1, 0.15) is 0 Å². The lowest BCUT2D eigenvalue weighted by atomic mass is 10.1. The summed E-state index contributed by atoms with van der Waals surface area (Å²) in [6.07, 6.45) is 8.94. The fraction of sp³-hybridized carbons (Fsp3) is 1.00. The quantitative estimate of drug-likeness (QED) is 0.614. The van der Waals surface area contributed by atoms with Gasteiger partial charge in [-0.1, -0.05) is 28.8 Å². The Morgan fingerprint density at radius 2 is 1.90 bits per heavy atom. The number of hydrogen-bond donors (Lipinski definition) is 0. The molecule has 2 aliphatic carbocycles. The van der Waals surface area contributed by atoms with Crippen LogP contribution >= 0.6 is 15.9 Å². The molecule has 0 bridgehead atoms. The van der Waals surface area contributed by atoms with Gasteiger partial charge in [-0.05, 0) is 37.5 Å². The first-order valence-electron chi connectivity index (χ1n) is 4.50. The third kappa shape index (κ3) is 1.98. The molecule has 0 aromatic rings. The monoisotopic (exact) mass is 202 g/mol. The summed E-state index contributed by atoms with van der Waals surface area (Å²) >= 11 is 3.76. The number of rotatable bonds is 4. The van der Waals surface area contributed by atoms with Gasteiger partial charge >= 0.3 is 0 Å². The van der Waals surface area contributed by atoms with Gasteiger partial charge in [-0.3, -0.25) is 0 Å². The standard InChI is InChI=1S/C9H15Br/c10-9(8-4-5-8)6-3-7-1-2-7/h7-9H,1-6H2. The molecule has 10 heavy (non-hydrogen) atoms. The van der Waals surface area contributed by atoms with Gasteiger partial charge in [0.2, 0.25) is 0 Å². The predicted octanol–water partition coefficient (Wildman–Crippen LogP) is 3.35. The van der Waals surface area contributed by atoms with E-state index in [1.54, 1.807) is 0 Å². The van der Waals surface area contributed by atoms with E-state index in [2.05, 4.69) is 15.9 Å². The maximum Gasteiger partial charge on any atom is 0.0174 e. The maximum absolute atomic E-state index is 3.76. The predicted molar refractivity (Wildman–Crippen MR) is 47.4 cm³/mol. The lowest BCUT2D eigenvalue weighted by Gasteiger charge is -2.05. The van der Waals surface area contributed by atoms with Crippen molar-refractivity contribution >= 4 is 15.9 Å². The molecule has 2 saturated carbocycles. The third-order valence-electron chi connectivity index (χ3n) is 2.68. The third-order valence-corrected chi connectivity index (χ3v) is 3.89. The van der Waals surface area contributed by atoms with Crippen molar-refractivity contribution < 1.29 is 0 Å². The summed E-state index contributed by atoms with van der Waals surface area (Å²) in [5, 5.41) is 0. The Labute approximate surface area is 71.5 Å². The lowest BCUT2D eigenvalue weighted by molar-refractivity contribution is 0.613. The fourth-order valence-corrected chi connectivity index (χ4v) is 2.29. The first-order valence-corrected chi connectivity index (χ1v) is 5.42. The van der Waals surface area contributed by atoms with E-state index in [4.69, 9.17) is 0 Å². The average Bonchev–Trinajstić information content (AvgIpc) is 2.76. The fourth-order valence-electron chi connectivity index (χ4n) is 1.50.